The number of hydrogen-bond donors (Lipinski definition) is 0. The number of thioether (sulfide) groups is 1. The van der Waals surface area contributed by atoms with Gasteiger partial charge < -0.3 is 4.74 Å². The largest absolute Gasteiger partial charge is 0.381 e. The van der Waals surface area contributed by atoms with E-state index in [0.717, 1.165) is 18.5 Å². The number of benzene rings is 1. The van der Waals surface area contributed by atoms with Crippen molar-refractivity contribution < 1.29 is 4.74 Å². The van der Waals surface area contributed by atoms with Gasteiger partial charge in [-0.3, -0.25) is 0 Å². The van der Waals surface area contributed by atoms with Crippen LogP contribution >= 0.6 is 27.7 Å². The average Bonchev–Trinajstić information content (AvgIpc) is 2.39. The second-order valence-corrected chi connectivity index (χ2v) is 6.46. The molecule has 1 aromatic carbocycles. The first-order valence-electron chi connectivity index (χ1n) is 6.07. The molecule has 1 aliphatic rings. The SMILES string of the molecule is Cc1ccc(SCC2(CBr)CCOCC2)cc1. The third-order valence-corrected chi connectivity index (χ3v) is 5.95. The summed E-state index contributed by atoms with van der Waals surface area (Å²) >= 11 is 5.66. The zero-order valence-electron chi connectivity index (χ0n) is 10.2. The first kappa shape index (κ1) is 13.4. The molecule has 0 aliphatic carbocycles. The van der Waals surface area contributed by atoms with Crippen molar-refractivity contribution in [2.24, 2.45) is 5.41 Å². The standard InChI is InChI=1S/C14H19BrOS/c1-12-2-4-13(5-3-12)17-11-14(10-15)6-8-16-9-7-14/h2-5H,6-11H2,1H3. The minimum Gasteiger partial charge on any atom is -0.381 e. The number of alkyl halides is 1. The molecule has 0 saturated carbocycles. The lowest BCUT2D eigenvalue weighted by molar-refractivity contribution is 0.0374. The minimum absolute atomic E-state index is 0.424. The van der Waals surface area contributed by atoms with E-state index in [1.54, 1.807) is 0 Å². The van der Waals surface area contributed by atoms with Crippen LogP contribution < -0.4 is 0 Å². The maximum atomic E-state index is 5.46. The van der Waals surface area contributed by atoms with Gasteiger partial charge in [-0.1, -0.05) is 33.6 Å². The maximum absolute atomic E-state index is 5.46. The van der Waals surface area contributed by atoms with Gasteiger partial charge in [0.25, 0.3) is 0 Å². The van der Waals surface area contributed by atoms with Crippen LogP contribution in [0.15, 0.2) is 29.2 Å². The Morgan fingerprint density at radius 2 is 1.88 bits per heavy atom. The predicted octanol–water partition coefficient (Wildman–Crippen LogP) is 4.28. The molecular weight excluding hydrogens is 296 g/mol. The highest BCUT2D eigenvalue weighted by molar-refractivity contribution is 9.09. The number of rotatable bonds is 4. The molecule has 2 rings (SSSR count). The Balaban J connectivity index is 1.93. The van der Waals surface area contributed by atoms with Gasteiger partial charge in [0.2, 0.25) is 0 Å². The van der Waals surface area contributed by atoms with Crippen LogP contribution in [0, 0.1) is 12.3 Å². The van der Waals surface area contributed by atoms with Crippen molar-refractivity contribution in [3.8, 4) is 0 Å². The number of hydrogen-bond acceptors (Lipinski definition) is 2. The summed E-state index contributed by atoms with van der Waals surface area (Å²) in [5.41, 5.74) is 1.75. The van der Waals surface area contributed by atoms with Gasteiger partial charge >= 0.3 is 0 Å². The van der Waals surface area contributed by atoms with E-state index in [9.17, 15) is 0 Å². The molecule has 1 nitrogen and oxygen atoms in total. The molecule has 0 atom stereocenters. The van der Waals surface area contributed by atoms with E-state index in [-0.39, 0.29) is 0 Å². The lowest BCUT2D eigenvalue weighted by Gasteiger charge is -2.35. The average molecular weight is 315 g/mol. The first-order chi connectivity index (χ1) is 8.24. The van der Waals surface area contributed by atoms with E-state index in [1.807, 2.05) is 11.8 Å². The number of ether oxygens (including phenoxy) is 1. The Bertz CT molecular complexity index is 344. The molecule has 0 radical (unpaired) electrons. The van der Waals surface area contributed by atoms with Crippen LogP contribution in [-0.2, 0) is 4.74 Å². The highest BCUT2D eigenvalue weighted by Gasteiger charge is 2.31. The van der Waals surface area contributed by atoms with Crippen molar-refractivity contribution in [2.45, 2.75) is 24.7 Å². The van der Waals surface area contributed by atoms with Crippen molar-refractivity contribution in [1.29, 1.82) is 0 Å². The molecule has 1 heterocycles. The Hall–Kier alpha value is 0.01000. The molecule has 1 saturated heterocycles. The molecular formula is C14H19BrOS. The van der Waals surface area contributed by atoms with Gasteiger partial charge in [-0.2, -0.15) is 0 Å². The van der Waals surface area contributed by atoms with Gasteiger partial charge in [-0.25, -0.2) is 0 Å². The zero-order valence-corrected chi connectivity index (χ0v) is 12.6. The topological polar surface area (TPSA) is 9.23 Å². The van der Waals surface area contributed by atoms with Crippen molar-refractivity contribution in [1.82, 2.24) is 0 Å². The molecule has 0 aromatic heterocycles. The monoisotopic (exact) mass is 314 g/mol. The molecule has 0 unspecified atom stereocenters. The van der Waals surface area contributed by atoms with Crippen molar-refractivity contribution in [2.75, 3.05) is 24.3 Å². The highest BCUT2D eigenvalue weighted by Crippen LogP contribution is 2.38. The van der Waals surface area contributed by atoms with Gasteiger partial charge in [0.15, 0.2) is 0 Å². The Morgan fingerprint density at radius 3 is 2.47 bits per heavy atom. The molecule has 0 amide bonds. The summed E-state index contributed by atoms with van der Waals surface area (Å²) in [5, 5.41) is 1.09. The van der Waals surface area contributed by atoms with E-state index >= 15 is 0 Å². The Kier molecular flexibility index (Phi) is 4.95. The van der Waals surface area contributed by atoms with Crippen molar-refractivity contribution in [3.63, 3.8) is 0 Å². The lowest BCUT2D eigenvalue weighted by Crippen LogP contribution is -2.33. The second-order valence-electron chi connectivity index (χ2n) is 4.85. The molecule has 94 valence electrons. The Morgan fingerprint density at radius 1 is 1.24 bits per heavy atom. The molecule has 17 heavy (non-hydrogen) atoms. The summed E-state index contributed by atoms with van der Waals surface area (Å²) in [5.74, 6) is 1.19. The summed E-state index contributed by atoms with van der Waals surface area (Å²) < 4.78 is 5.46. The van der Waals surface area contributed by atoms with E-state index in [2.05, 4.69) is 47.1 Å². The van der Waals surface area contributed by atoms with Gasteiger partial charge in [0.05, 0.1) is 0 Å². The zero-order chi connectivity index (χ0) is 12.1. The molecule has 0 spiro atoms. The highest BCUT2D eigenvalue weighted by atomic mass is 79.9. The van der Waals surface area contributed by atoms with Crippen LogP contribution in [-0.4, -0.2) is 24.3 Å². The summed E-state index contributed by atoms with van der Waals surface area (Å²) in [6.07, 6.45) is 2.36. The van der Waals surface area contributed by atoms with Crippen LogP contribution in [0.1, 0.15) is 18.4 Å². The van der Waals surface area contributed by atoms with Crippen LogP contribution in [0.2, 0.25) is 0 Å². The molecule has 1 aliphatic heterocycles. The van der Waals surface area contributed by atoms with E-state index in [1.165, 1.54) is 29.1 Å². The molecule has 3 heteroatoms. The van der Waals surface area contributed by atoms with Gasteiger partial charge in [-0.05, 0) is 37.3 Å². The van der Waals surface area contributed by atoms with Crippen molar-refractivity contribution >= 4 is 27.7 Å². The fraction of sp³-hybridized carbons (Fsp3) is 0.571. The molecule has 0 N–H and O–H groups in total. The smallest absolute Gasteiger partial charge is 0.0471 e. The normalized spacial score (nSPS) is 19.2. The second kappa shape index (κ2) is 6.26. The summed E-state index contributed by atoms with van der Waals surface area (Å²) in [6, 6.07) is 8.82. The van der Waals surface area contributed by atoms with Crippen LogP contribution in [0.5, 0.6) is 0 Å². The summed E-state index contributed by atoms with van der Waals surface area (Å²) in [6.45, 7) is 3.97. The molecule has 1 aromatic rings. The van der Waals surface area contributed by atoms with E-state index in [0.29, 0.717) is 5.41 Å². The minimum atomic E-state index is 0.424. The third-order valence-electron chi connectivity index (χ3n) is 3.40. The molecule has 1 fully saturated rings. The quantitative estimate of drug-likeness (QED) is 0.606. The predicted molar refractivity (Wildman–Crippen MR) is 78.2 cm³/mol. The van der Waals surface area contributed by atoms with Gasteiger partial charge in [-0.15, -0.1) is 11.8 Å². The number of aryl methyl sites for hydroxylation is 1. The summed E-state index contributed by atoms with van der Waals surface area (Å²) in [4.78, 5) is 1.38. The lowest BCUT2D eigenvalue weighted by atomic mass is 9.85. The van der Waals surface area contributed by atoms with Gasteiger partial charge in [0.1, 0.15) is 0 Å². The van der Waals surface area contributed by atoms with Crippen LogP contribution in [0.25, 0.3) is 0 Å². The Labute approximate surface area is 116 Å². The van der Waals surface area contributed by atoms with Gasteiger partial charge in [0, 0.05) is 29.2 Å². The fourth-order valence-corrected chi connectivity index (χ4v) is 4.21. The van der Waals surface area contributed by atoms with Crippen LogP contribution in [0.3, 0.4) is 0 Å². The number of halogens is 1. The van der Waals surface area contributed by atoms with Crippen molar-refractivity contribution in [3.05, 3.63) is 29.8 Å². The third kappa shape index (κ3) is 3.73. The van der Waals surface area contributed by atoms with E-state index in [4.69, 9.17) is 4.74 Å². The van der Waals surface area contributed by atoms with Crippen LogP contribution in [0.4, 0.5) is 0 Å². The summed E-state index contributed by atoms with van der Waals surface area (Å²) in [7, 11) is 0. The first-order valence-corrected chi connectivity index (χ1v) is 8.18. The maximum Gasteiger partial charge on any atom is 0.0471 e. The molecule has 0 bridgehead atoms. The fourth-order valence-electron chi connectivity index (χ4n) is 1.99. The van der Waals surface area contributed by atoms with E-state index < -0.39 is 0 Å².